The zero-order chi connectivity index (χ0) is 14.0. The van der Waals surface area contributed by atoms with E-state index in [2.05, 4.69) is 21.2 Å². The Labute approximate surface area is 124 Å². The van der Waals surface area contributed by atoms with Gasteiger partial charge in [-0.25, -0.2) is 0 Å². The number of amides is 1. The van der Waals surface area contributed by atoms with Gasteiger partial charge in [-0.2, -0.15) is 0 Å². The van der Waals surface area contributed by atoms with Gasteiger partial charge in [0.2, 0.25) is 0 Å². The Balaban J connectivity index is 2.28. The van der Waals surface area contributed by atoms with E-state index >= 15 is 0 Å². The highest BCUT2D eigenvalue weighted by Crippen LogP contribution is 2.26. The first-order valence-corrected chi connectivity index (χ1v) is 6.76. The Kier molecular flexibility index (Phi) is 4.12. The van der Waals surface area contributed by atoms with Gasteiger partial charge in [0, 0.05) is 15.7 Å². The zero-order valence-electron chi connectivity index (χ0n) is 10.2. The first-order valence-electron chi connectivity index (χ1n) is 5.59. The molecule has 19 heavy (non-hydrogen) atoms. The van der Waals surface area contributed by atoms with Gasteiger partial charge in [-0.3, -0.25) is 4.79 Å². The lowest BCUT2D eigenvalue weighted by Gasteiger charge is -2.09. The minimum atomic E-state index is -0.240. The molecule has 0 unspecified atom stereocenters. The van der Waals surface area contributed by atoms with Crippen LogP contribution in [0.5, 0.6) is 0 Å². The molecule has 0 bridgehead atoms. The normalized spacial score (nSPS) is 10.3. The maximum absolute atomic E-state index is 12.1. The predicted octanol–water partition coefficient (Wildman–Crippen LogP) is 4.25. The highest BCUT2D eigenvalue weighted by Gasteiger charge is 2.10. The standard InChI is InChI=1S/C14H12BrClN2O/c1-8-4-9(6-11(17)5-8)14(19)18-13-7-10(15)2-3-12(13)16/h2-7H,17H2,1H3,(H,18,19). The average molecular weight is 340 g/mol. The smallest absolute Gasteiger partial charge is 0.255 e. The fourth-order valence-electron chi connectivity index (χ4n) is 1.73. The van der Waals surface area contributed by atoms with Crippen LogP contribution in [0, 0.1) is 6.92 Å². The second-order valence-electron chi connectivity index (χ2n) is 4.21. The van der Waals surface area contributed by atoms with Gasteiger partial charge in [0.25, 0.3) is 5.91 Å². The largest absolute Gasteiger partial charge is 0.399 e. The fourth-order valence-corrected chi connectivity index (χ4v) is 2.26. The first kappa shape index (κ1) is 13.9. The van der Waals surface area contributed by atoms with Crippen molar-refractivity contribution < 1.29 is 4.79 Å². The quantitative estimate of drug-likeness (QED) is 0.804. The zero-order valence-corrected chi connectivity index (χ0v) is 12.5. The number of nitrogens with one attached hydrogen (secondary N) is 1. The van der Waals surface area contributed by atoms with Crippen LogP contribution in [0.1, 0.15) is 15.9 Å². The van der Waals surface area contributed by atoms with Crippen molar-refractivity contribution in [1.29, 1.82) is 0 Å². The van der Waals surface area contributed by atoms with Crippen LogP contribution >= 0.6 is 27.5 Å². The lowest BCUT2D eigenvalue weighted by Crippen LogP contribution is -2.12. The maximum Gasteiger partial charge on any atom is 0.255 e. The van der Waals surface area contributed by atoms with E-state index < -0.39 is 0 Å². The number of halogens is 2. The van der Waals surface area contributed by atoms with E-state index in [0.29, 0.717) is 22.0 Å². The van der Waals surface area contributed by atoms with Crippen LogP contribution in [-0.2, 0) is 0 Å². The second-order valence-corrected chi connectivity index (χ2v) is 5.53. The molecule has 5 heteroatoms. The van der Waals surface area contributed by atoms with Gasteiger partial charge in [0.1, 0.15) is 0 Å². The van der Waals surface area contributed by atoms with E-state index in [-0.39, 0.29) is 5.91 Å². The Morgan fingerprint density at radius 2 is 2.00 bits per heavy atom. The molecule has 0 saturated heterocycles. The molecule has 2 aromatic carbocycles. The molecule has 2 aromatic rings. The molecule has 2 rings (SSSR count). The van der Waals surface area contributed by atoms with E-state index in [0.717, 1.165) is 10.0 Å². The van der Waals surface area contributed by atoms with Gasteiger partial charge in [-0.15, -0.1) is 0 Å². The number of hydrogen-bond acceptors (Lipinski definition) is 2. The second kappa shape index (κ2) is 5.63. The highest BCUT2D eigenvalue weighted by molar-refractivity contribution is 9.10. The maximum atomic E-state index is 12.1. The molecule has 0 heterocycles. The van der Waals surface area contributed by atoms with Crippen molar-refractivity contribution in [2.24, 2.45) is 0 Å². The number of nitrogen functional groups attached to an aromatic ring is 1. The monoisotopic (exact) mass is 338 g/mol. The summed E-state index contributed by atoms with van der Waals surface area (Å²) in [5.41, 5.74) is 8.29. The van der Waals surface area contributed by atoms with Gasteiger partial charge in [-0.1, -0.05) is 27.5 Å². The molecular formula is C14H12BrClN2O. The Morgan fingerprint density at radius 3 is 2.68 bits per heavy atom. The summed E-state index contributed by atoms with van der Waals surface area (Å²) in [6.07, 6.45) is 0. The fraction of sp³-hybridized carbons (Fsp3) is 0.0714. The van der Waals surface area contributed by atoms with Crippen molar-refractivity contribution >= 4 is 44.8 Å². The van der Waals surface area contributed by atoms with Crippen molar-refractivity contribution in [1.82, 2.24) is 0 Å². The third-order valence-electron chi connectivity index (χ3n) is 2.54. The molecule has 98 valence electrons. The molecule has 0 saturated carbocycles. The minimum Gasteiger partial charge on any atom is -0.399 e. The van der Waals surface area contributed by atoms with E-state index in [1.165, 1.54) is 0 Å². The molecule has 0 radical (unpaired) electrons. The summed E-state index contributed by atoms with van der Waals surface area (Å²) in [4.78, 5) is 12.1. The SMILES string of the molecule is Cc1cc(N)cc(C(=O)Nc2cc(Br)ccc2Cl)c1. The number of benzene rings is 2. The van der Waals surface area contributed by atoms with Crippen LogP contribution < -0.4 is 11.1 Å². The van der Waals surface area contributed by atoms with Crippen LogP contribution in [0.3, 0.4) is 0 Å². The van der Waals surface area contributed by atoms with E-state index in [4.69, 9.17) is 17.3 Å². The molecule has 0 aromatic heterocycles. The van der Waals surface area contributed by atoms with Crippen LogP contribution in [0.25, 0.3) is 0 Å². The van der Waals surface area contributed by atoms with Gasteiger partial charge in [0.05, 0.1) is 10.7 Å². The van der Waals surface area contributed by atoms with E-state index in [1.807, 2.05) is 19.1 Å². The summed E-state index contributed by atoms with van der Waals surface area (Å²) in [6, 6.07) is 10.5. The number of anilines is 2. The Hall–Kier alpha value is -1.52. The number of rotatable bonds is 2. The molecule has 3 N–H and O–H groups in total. The number of carbonyl (C=O) groups is 1. The molecule has 3 nitrogen and oxygen atoms in total. The molecule has 0 fully saturated rings. The molecule has 0 aliphatic carbocycles. The van der Waals surface area contributed by atoms with Crippen LogP contribution in [0.4, 0.5) is 11.4 Å². The number of hydrogen-bond donors (Lipinski definition) is 2. The number of aryl methyl sites for hydroxylation is 1. The predicted molar refractivity (Wildman–Crippen MR) is 82.7 cm³/mol. The van der Waals surface area contributed by atoms with E-state index in [9.17, 15) is 4.79 Å². The van der Waals surface area contributed by atoms with Crippen molar-refractivity contribution in [2.75, 3.05) is 11.1 Å². The van der Waals surface area contributed by atoms with Gasteiger partial charge < -0.3 is 11.1 Å². The molecule has 0 spiro atoms. The molecular weight excluding hydrogens is 328 g/mol. The van der Waals surface area contributed by atoms with Gasteiger partial charge in [-0.05, 0) is 48.9 Å². The van der Waals surface area contributed by atoms with Crippen LogP contribution in [0.15, 0.2) is 40.9 Å². The first-order chi connectivity index (χ1) is 8.95. The topological polar surface area (TPSA) is 55.1 Å². The molecule has 0 aliphatic rings. The van der Waals surface area contributed by atoms with E-state index in [1.54, 1.807) is 24.3 Å². The molecule has 1 amide bonds. The summed E-state index contributed by atoms with van der Waals surface area (Å²) in [5.74, 6) is -0.240. The van der Waals surface area contributed by atoms with Crippen LogP contribution in [0.2, 0.25) is 5.02 Å². The van der Waals surface area contributed by atoms with Gasteiger partial charge >= 0.3 is 0 Å². The Morgan fingerprint density at radius 1 is 1.26 bits per heavy atom. The number of nitrogens with two attached hydrogens (primary N) is 1. The summed E-state index contributed by atoms with van der Waals surface area (Å²) >= 11 is 9.37. The van der Waals surface area contributed by atoms with Gasteiger partial charge in [0.15, 0.2) is 0 Å². The van der Waals surface area contributed by atoms with Crippen molar-refractivity contribution in [3.8, 4) is 0 Å². The third-order valence-corrected chi connectivity index (χ3v) is 3.36. The lowest BCUT2D eigenvalue weighted by molar-refractivity contribution is 0.102. The minimum absolute atomic E-state index is 0.240. The highest BCUT2D eigenvalue weighted by atomic mass is 79.9. The summed E-state index contributed by atoms with van der Waals surface area (Å²) in [5, 5.41) is 3.25. The summed E-state index contributed by atoms with van der Waals surface area (Å²) in [6.45, 7) is 1.89. The summed E-state index contributed by atoms with van der Waals surface area (Å²) < 4.78 is 0.843. The molecule has 0 atom stereocenters. The van der Waals surface area contributed by atoms with Crippen molar-refractivity contribution in [2.45, 2.75) is 6.92 Å². The lowest BCUT2D eigenvalue weighted by atomic mass is 10.1. The van der Waals surface area contributed by atoms with Crippen molar-refractivity contribution in [3.63, 3.8) is 0 Å². The van der Waals surface area contributed by atoms with Crippen LogP contribution in [-0.4, -0.2) is 5.91 Å². The third kappa shape index (κ3) is 3.49. The molecule has 0 aliphatic heterocycles. The average Bonchev–Trinajstić information content (AvgIpc) is 2.32. The Bertz CT molecular complexity index is 623. The van der Waals surface area contributed by atoms with Crippen molar-refractivity contribution in [3.05, 3.63) is 57.0 Å². The summed E-state index contributed by atoms with van der Waals surface area (Å²) in [7, 11) is 0. The number of carbonyl (C=O) groups excluding carboxylic acids is 1.